The molecule has 1 aromatic carbocycles. The Hall–Kier alpha value is -2.43. The summed E-state index contributed by atoms with van der Waals surface area (Å²) >= 11 is 0. The Morgan fingerprint density at radius 1 is 1.04 bits per heavy atom. The second-order valence-electron chi connectivity index (χ2n) is 8.43. The first-order valence-corrected chi connectivity index (χ1v) is 9.78. The Bertz CT molecular complexity index is 832. The van der Waals surface area contributed by atoms with Gasteiger partial charge < -0.3 is 4.74 Å². The van der Waals surface area contributed by atoms with E-state index in [1.807, 2.05) is 32.0 Å². The van der Waals surface area contributed by atoms with Gasteiger partial charge in [0.1, 0.15) is 5.75 Å². The zero-order valence-electron chi connectivity index (χ0n) is 15.6. The van der Waals surface area contributed by atoms with Crippen molar-refractivity contribution in [1.82, 2.24) is 4.90 Å². The molecule has 0 aromatic heterocycles. The van der Waals surface area contributed by atoms with E-state index in [9.17, 15) is 14.4 Å². The maximum absolute atomic E-state index is 12.9. The van der Waals surface area contributed by atoms with Gasteiger partial charge in [-0.25, -0.2) is 0 Å². The van der Waals surface area contributed by atoms with Gasteiger partial charge >= 0.3 is 5.97 Å². The van der Waals surface area contributed by atoms with E-state index >= 15 is 0 Å². The van der Waals surface area contributed by atoms with Crippen LogP contribution in [0.25, 0.3) is 0 Å². The summed E-state index contributed by atoms with van der Waals surface area (Å²) < 4.78 is 5.50. The fraction of sp³-hybridized carbons (Fsp3) is 0.500. The van der Waals surface area contributed by atoms with E-state index in [0.29, 0.717) is 17.6 Å². The Labute approximate surface area is 158 Å². The van der Waals surface area contributed by atoms with Crippen molar-refractivity contribution < 1.29 is 19.1 Å². The molecular weight excluding hydrogens is 342 g/mol. The number of esters is 1. The minimum absolute atomic E-state index is 0.0281. The molecule has 0 unspecified atom stereocenters. The zero-order valence-corrected chi connectivity index (χ0v) is 15.6. The van der Waals surface area contributed by atoms with Crippen LogP contribution in [0, 0.1) is 49.4 Å². The quantitative estimate of drug-likeness (QED) is 0.356. The summed E-state index contributed by atoms with van der Waals surface area (Å²) in [7, 11) is 0. The number of likely N-dealkylation sites (tertiary alicyclic amines) is 1. The number of ether oxygens (including phenoxy) is 1. The Morgan fingerprint density at radius 2 is 1.59 bits per heavy atom. The number of imide groups is 1. The molecule has 6 rings (SSSR count). The van der Waals surface area contributed by atoms with Gasteiger partial charge in [0, 0.05) is 6.54 Å². The van der Waals surface area contributed by atoms with Gasteiger partial charge in [-0.3, -0.25) is 19.3 Å². The molecule has 27 heavy (non-hydrogen) atoms. The SMILES string of the molecule is Cc1cccc(C)c1OC(=O)CCN1C(=O)[C@@H]2[C@H]3C=C[C@@H]([C@@H]4C[C@H]34)[C@@H]2C1=O. The van der Waals surface area contributed by atoms with E-state index < -0.39 is 5.97 Å². The lowest BCUT2D eigenvalue weighted by Gasteiger charge is -2.37. The Morgan fingerprint density at radius 3 is 2.15 bits per heavy atom. The van der Waals surface area contributed by atoms with Crippen LogP contribution in [0.5, 0.6) is 5.75 Å². The van der Waals surface area contributed by atoms with E-state index in [-0.39, 0.29) is 48.5 Å². The molecule has 0 radical (unpaired) electrons. The van der Waals surface area contributed by atoms with E-state index in [2.05, 4.69) is 12.2 Å². The van der Waals surface area contributed by atoms with Crippen molar-refractivity contribution in [3.8, 4) is 5.75 Å². The highest BCUT2D eigenvalue weighted by atomic mass is 16.5. The second kappa shape index (κ2) is 5.78. The van der Waals surface area contributed by atoms with Crippen LogP contribution in [0.15, 0.2) is 30.4 Å². The van der Waals surface area contributed by atoms with Gasteiger partial charge in [0.15, 0.2) is 0 Å². The highest BCUT2D eigenvalue weighted by Crippen LogP contribution is 2.65. The van der Waals surface area contributed by atoms with Crippen molar-refractivity contribution in [1.29, 1.82) is 0 Å². The van der Waals surface area contributed by atoms with Crippen LogP contribution in [0.2, 0.25) is 0 Å². The van der Waals surface area contributed by atoms with Crippen LogP contribution >= 0.6 is 0 Å². The van der Waals surface area contributed by atoms with Crippen LogP contribution in [-0.2, 0) is 14.4 Å². The van der Waals surface area contributed by atoms with E-state index in [1.54, 1.807) is 0 Å². The van der Waals surface area contributed by atoms with Gasteiger partial charge in [0.25, 0.3) is 0 Å². The first kappa shape index (κ1) is 16.7. The van der Waals surface area contributed by atoms with Gasteiger partial charge in [-0.15, -0.1) is 0 Å². The average Bonchev–Trinajstić information content (AvgIpc) is 3.42. The molecule has 5 heteroatoms. The first-order valence-electron chi connectivity index (χ1n) is 9.78. The zero-order chi connectivity index (χ0) is 18.9. The largest absolute Gasteiger partial charge is 0.426 e. The van der Waals surface area contributed by atoms with Crippen molar-refractivity contribution in [2.45, 2.75) is 26.7 Å². The third kappa shape index (κ3) is 2.40. The summed E-state index contributed by atoms with van der Waals surface area (Å²) in [5, 5.41) is 0. The minimum atomic E-state index is -0.410. The normalized spacial score (nSPS) is 35.3. The summed E-state index contributed by atoms with van der Waals surface area (Å²) in [6, 6.07) is 5.70. The summed E-state index contributed by atoms with van der Waals surface area (Å²) in [4.78, 5) is 39.4. The summed E-state index contributed by atoms with van der Waals surface area (Å²) in [6.45, 7) is 3.90. The molecule has 4 aliphatic carbocycles. The highest BCUT2D eigenvalue weighted by molar-refractivity contribution is 6.06. The van der Waals surface area contributed by atoms with Gasteiger partial charge in [-0.2, -0.15) is 0 Å². The van der Waals surface area contributed by atoms with Crippen LogP contribution in [0.1, 0.15) is 24.0 Å². The molecule has 6 atom stereocenters. The standard InChI is InChI=1S/C22H23NO4/c1-11-4-3-5-12(2)20(11)27-17(24)8-9-23-21(25)18-13-6-7-14(16-10-15(13)16)19(18)22(23)26/h3-7,13-16,18-19H,8-10H2,1-2H3/t13-,14-,15-,16+,18-,19+/m0/s1. The maximum atomic E-state index is 12.9. The molecule has 2 saturated carbocycles. The van der Waals surface area contributed by atoms with Crippen LogP contribution in [0.4, 0.5) is 0 Å². The monoisotopic (exact) mass is 365 g/mol. The minimum Gasteiger partial charge on any atom is -0.426 e. The topological polar surface area (TPSA) is 63.7 Å². The molecule has 1 aromatic rings. The predicted molar refractivity (Wildman–Crippen MR) is 97.6 cm³/mol. The summed E-state index contributed by atoms with van der Waals surface area (Å²) in [5.74, 6) is 1.19. The molecule has 2 bridgehead atoms. The lowest BCUT2D eigenvalue weighted by atomic mass is 9.63. The number of benzene rings is 1. The van der Waals surface area contributed by atoms with Crippen molar-refractivity contribution >= 4 is 17.8 Å². The molecule has 1 heterocycles. The number of nitrogens with zero attached hydrogens (tertiary/aromatic N) is 1. The molecule has 1 aliphatic heterocycles. The lowest BCUT2D eigenvalue weighted by molar-refractivity contribution is -0.141. The third-order valence-corrected chi connectivity index (χ3v) is 6.92. The number of hydrogen-bond acceptors (Lipinski definition) is 4. The average molecular weight is 365 g/mol. The van der Waals surface area contributed by atoms with E-state index in [1.165, 1.54) is 4.90 Å². The fourth-order valence-corrected chi connectivity index (χ4v) is 5.57. The first-order chi connectivity index (χ1) is 13.0. The number of allylic oxidation sites excluding steroid dienone is 2. The number of rotatable bonds is 4. The Balaban J connectivity index is 1.26. The van der Waals surface area contributed by atoms with Crippen molar-refractivity contribution in [3.05, 3.63) is 41.5 Å². The van der Waals surface area contributed by atoms with Gasteiger partial charge in [0.2, 0.25) is 11.8 Å². The molecular formula is C22H23NO4. The summed E-state index contributed by atoms with van der Waals surface area (Å²) in [6.07, 6.45) is 5.49. The van der Waals surface area contributed by atoms with Gasteiger partial charge in [0.05, 0.1) is 18.3 Å². The molecule has 5 aliphatic rings. The van der Waals surface area contributed by atoms with Crippen LogP contribution in [0.3, 0.4) is 0 Å². The van der Waals surface area contributed by atoms with Crippen LogP contribution < -0.4 is 4.74 Å². The van der Waals surface area contributed by atoms with Crippen molar-refractivity contribution in [2.24, 2.45) is 35.5 Å². The number of amides is 2. The number of carbonyl (C=O) groups is 3. The maximum Gasteiger partial charge on any atom is 0.313 e. The van der Waals surface area contributed by atoms with Crippen molar-refractivity contribution in [2.75, 3.05) is 6.54 Å². The molecule has 140 valence electrons. The Kier molecular flexibility index (Phi) is 3.58. The fourth-order valence-electron chi connectivity index (χ4n) is 5.57. The number of aryl methyl sites for hydroxylation is 2. The van der Waals surface area contributed by atoms with Gasteiger partial charge in [-0.1, -0.05) is 30.4 Å². The lowest BCUT2D eigenvalue weighted by Crippen LogP contribution is -2.40. The number of carbonyl (C=O) groups excluding carboxylic acids is 3. The third-order valence-electron chi connectivity index (χ3n) is 6.92. The summed E-state index contributed by atoms with van der Waals surface area (Å²) in [5.41, 5.74) is 1.79. The molecule has 5 nitrogen and oxygen atoms in total. The van der Waals surface area contributed by atoms with E-state index in [0.717, 1.165) is 17.5 Å². The number of hydrogen-bond donors (Lipinski definition) is 0. The predicted octanol–water partition coefficient (Wildman–Crippen LogP) is 2.65. The molecule has 0 spiro atoms. The molecule has 2 amide bonds. The molecule has 1 saturated heterocycles. The number of para-hydroxylation sites is 1. The second-order valence-corrected chi connectivity index (χ2v) is 8.43. The van der Waals surface area contributed by atoms with Crippen molar-refractivity contribution in [3.63, 3.8) is 0 Å². The molecule has 0 N–H and O–H groups in total. The highest BCUT2D eigenvalue weighted by Gasteiger charge is 2.66. The molecule has 3 fully saturated rings. The van der Waals surface area contributed by atoms with Gasteiger partial charge in [-0.05, 0) is 55.1 Å². The van der Waals surface area contributed by atoms with Crippen LogP contribution in [-0.4, -0.2) is 29.2 Å². The van der Waals surface area contributed by atoms with E-state index in [4.69, 9.17) is 4.74 Å². The smallest absolute Gasteiger partial charge is 0.313 e.